The van der Waals surface area contributed by atoms with Gasteiger partial charge in [-0.25, -0.2) is 0 Å². The number of amides is 3. The van der Waals surface area contributed by atoms with Gasteiger partial charge in [-0.2, -0.15) is 0 Å². The molecule has 6 nitrogen and oxygen atoms in total. The fraction of sp³-hybridized carbons (Fsp3) is 0.500. The van der Waals surface area contributed by atoms with Crippen LogP contribution in [0.4, 0.5) is 0 Å². The van der Waals surface area contributed by atoms with Crippen molar-refractivity contribution in [3.05, 3.63) is 35.4 Å². The fourth-order valence-corrected chi connectivity index (χ4v) is 4.06. The van der Waals surface area contributed by atoms with Crippen LogP contribution in [0.15, 0.2) is 24.3 Å². The third-order valence-electron chi connectivity index (χ3n) is 5.67. The van der Waals surface area contributed by atoms with Crippen molar-refractivity contribution >= 4 is 17.7 Å². The van der Waals surface area contributed by atoms with E-state index in [1.54, 1.807) is 24.3 Å². The van der Waals surface area contributed by atoms with E-state index in [1.807, 2.05) is 0 Å². The van der Waals surface area contributed by atoms with Gasteiger partial charge in [0.2, 0.25) is 5.91 Å². The first-order valence-electron chi connectivity index (χ1n) is 8.43. The minimum Gasteiger partial charge on any atom is -0.381 e. The highest BCUT2D eigenvalue weighted by Gasteiger charge is 2.48. The number of rotatable bonds is 3. The van der Waals surface area contributed by atoms with Gasteiger partial charge < -0.3 is 10.1 Å². The predicted octanol–water partition coefficient (Wildman–Crippen LogP) is 1.36. The summed E-state index contributed by atoms with van der Waals surface area (Å²) in [6.45, 7) is 1.27. The molecule has 6 heteroatoms. The smallest absolute Gasteiger partial charge is 0.262 e. The summed E-state index contributed by atoms with van der Waals surface area (Å²) in [5.74, 6) is -1.04. The zero-order valence-corrected chi connectivity index (χ0v) is 13.4. The van der Waals surface area contributed by atoms with E-state index < -0.39 is 0 Å². The number of hydrogen-bond donors (Lipinski definition) is 1. The Hall–Kier alpha value is -2.21. The molecule has 1 aromatic carbocycles. The Bertz CT molecular complexity index is 674. The molecule has 3 amide bonds. The van der Waals surface area contributed by atoms with Crippen molar-refractivity contribution in [1.82, 2.24) is 10.2 Å². The molecule has 2 heterocycles. The molecule has 3 aliphatic rings. The lowest BCUT2D eigenvalue weighted by atomic mass is 9.60. The standard InChI is InChI=1S/C18H20N2O4/c21-15(19-14-5-6-18(14)7-9-24-10-8-18)11-20-16(22)12-3-1-2-4-13(12)17(20)23/h1-4,14H,5-11H2,(H,19,21). The van der Waals surface area contributed by atoms with E-state index in [4.69, 9.17) is 4.74 Å². The molecule has 0 radical (unpaired) electrons. The molecule has 1 N–H and O–H groups in total. The summed E-state index contributed by atoms with van der Waals surface area (Å²) < 4.78 is 5.42. The van der Waals surface area contributed by atoms with E-state index in [0.29, 0.717) is 11.1 Å². The second kappa shape index (κ2) is 5.70. The van der Waals surface area contributed by atoms with Crippen LogP contribution in [0.25, 0.3) is 0 Å². The van der Waals surface area contributed by atoms with Crippen molar-refractivity contribution in [3.63, 3.8) is 0 Å². The first-order chi connectivity index (χ1) is 11.6. The second-order valence-electron chi connectivity index (χ2n) is 6.88. The fourth-order valence-electron chi connectivity index (χ4n) is 4.06. The van der Waals surface area contributed by atoms with Crippen LogP contribution >= 0.6 is 0 Å². The molecule has 126 valence electrons. The third-order valence-corrected chi connectivity index (χ3v) is 5.67. The number of fused-ring (bicyclic) bond motifs is 1. The van der Waals surface area contributed by atoms with E-state index in [0.717, 1.165) is 43.8 Å². The van der Waals surface area contributed by atoms with Gasteiger partial charge in [0.05, 0.1) is 11.1 Å². The van der Waals surface area contributed by atoms with Crippen LogP contribution < -0.4 is 5.32 Å². The minimum absolute atomic E-state index is 0.129. The molecule has 2 fully saturated rings. The molecule has 2 aliphatic heterocycles. The maximum atomic E-state index is 12.4. The normalized spacial score (nSPS) is 24.7. The zero-order valence-electron chi connectivity index (χ0n) is 13.4. The van der Waals surface area contributed by atoms with Gasteiger partial charge >= 0.3 is 0 Å². The number of carbonyl (C=O) groups is 3. The number of imide groups is 1. The SMILES string of the molecule is O=C(CN1C(=O)c2ccccc2C1=O)NC1CCC12CCOCC2. The van der Waals surface area contributed by atoms with Crippen LogP contribution in [0.1, 0.15) is 46.4 Å². The Morgan fingerprint density at radius 1 is 1.12 bits per heavy atom. The minimum atomic E-state index is -0.389. The van der Waals surface area contributed by atoms with Crippen molar-refractivity contribution in [2.75, 3.05) is 19.8 Å². The Morgan fingerprint density at radius 3 is 2.29 bits per heavy atom. The van der Waals surface area contributed by atoms with Crippen LogP contribution in [0.2, 0.25) is 0 Å². The van der Waals surface area contributed by atoms with Gasteiger partial charge in [0.25, 0.3) is 11.8 Å². The average Bonchev–Trinajstić information content (AvgIpc) is 2.85. The van der Waals surface area contributed by atoms with Gasteiger partial charge in [0, 0.05) is 19.3 Å². The number of benzene rings is 1. The van der Waals surface area contributed by atoms with Gasteiger partial charge in [-0.15, -0.1) is 0 Å². The Morgan fingerprint density at radius 2 is 1.75 bits per heavy atom. The highest BCUT2D eigenvalue weighted by molar-refractivity contribution is 6.22. The van der Waals surface area contributed by atoms with Crippen molar-refractivity contribution in [3.8, 4) is 0 Å². The van der Waals surface area contributed by atoms with Gasteiger partial charge in [0.1, 0.15) is 6.54 Å². The van der Waals surface area contributed by atoms with E-state index in [9.17, 15) is 14.4 Å². The molecular formula is C18H20N2O4. The van der Waals surface area contributed by atoms with Crippen LogP contribution in [-0.2, 0) is 9.53 Å². The quantitative estimate of drug-likeness (QED) is 0.850. The molecule has 1 spiro atoms. The molecule has 1 atom stereocenters. The number of nitrogens with zero attached hydrogens (tertiary/aromatic N) is 1. The second-order valence-corrected chi connectivity index (χ2v) is 6.88. The molecule has 0 bridgehead atoms. The highest BCUT2D eigenvalue weighted by Crippen LogP contribution is 2.48. The molecule has 1 aromatic rings. The van der Waals surface area contributed by atoms with Crippen LogP contribution in [0.5, 0.6) is 0 Å². The highest BCUT2D eigenvalue weighted by atomic mass is 16.5. The summed E-state index contributed by atoms with van der Waals surface area (Å²) in [4.78, 5) is 38.1. The summed E-state index contributed by atoms with van der Waals surface area (Å²) in [6, 6.07) is 6.81. The lowest BCUT2D eigenvalue weighted by molar-refractivity contribution is -0.127. The number of carbonyl (C=O) groups excluding carboxylic acids is 3. The predicted molar refractivity (Wildman–Crippen MR) is 85.5 cm³/mol. The van der Waals surface area contributed by atoms with E-state index in [-0.39, 0.29) is 35.7 Å². The Balaban J connectivity index is 1.41. The summed E-state index contributed by atoms with van der Waals surface area (Å²) in [7, 11) is 0. The summed E-state index contributed by atoms with van der Waals surface area (Å²) in [5.41, 5.74) is 0.898. The number of nitrogens with one attached hydrogen (secondary N) is 1. The molecule has 1 aliphatic carbocycles. The molecular weight excluding hydrogens is 308 g/mol. The Labute approximate surface area is 140 Å². The lowest BCUT2D eigenvalue weighted by Gasteiger charge is -2.52. The topological polar surface area (TPSA) is 75.7 Å². The van der Waals surface area contributed by atoms with E-state index in [2.05, 4.69) is 5.32 Å². The first-order valence-corrected chi connectivity index (χ1v) is 8.43. The number of hydrogen-bond acceptors (Lipinski definition) is 4. The molecule has 1 saturated carbocycles. The Kier molecular flexibility index (Phi) is 3.64. The third kappa shape index (κ3) is 2.33. The maximum absolute atomic E-state index is 12.4. The zero-order chi connectivity index (χ0) is 16.7. The van der Waals surface area contributed by atoms with Crippen LogP contribution in [-0.4, -0.2) is 48.4 Å². The summed E-state index contributed by atoms with van der Waals surface area (Å²) in [6.07, 6.45) is 3.98. The molecule has 4 rings (SSSR count). The van der Waals surface area contributed by atoms with Gasteiger partial charge in [-0.05, 0) is 43.2 Å². The summed E-state index contributed by atoms with van der Waals surface area (Å²) >= 11 is 0. The van der Waals surface area contributed by atoms with Crippen molar-refractivity contribution in [2.24, 2.45) is 5.41 Å². The van der Waals surface area contributed by atoms with Crippen LogP contribution in [0, 0.1) is 5.41 Å². The van der Waals surface area contributed by atoms with Gasteiger partial charge in [-0.3, -0.25) is 19.3 Å². The van der Waals surface area contributed by atoms with Crippen LogP contribution in [0.3, 0.4) is 0 Å². The molecule has 1 saturated heterocycles. The van der Waals surface area contributed by atoms with Gasteiger partial charge in [0.15, 0.2) is 0 Å². The van der Waals surface area contributed by atoms with Gasteiger partial charge in [-0.1, -0.05) is 12.1 Å². The summed E-state index contributed by atoms with van der Waals surface area (Å²) in [5, 5.41) is 3.03. The molecule has 0 aromatic heterocycles. The largest absolute Gasteiger partial charge is 0.381 e. The lowest BCUT2D eigenvalue weighted by Crippen LogP contribution is -2.58. The first kappa shape index (κ1) is 15.3. The number of ether oxygens (including phenoxy) is 1. The van der Waals surface area contributed by atoms with E-state index in [1.165, 1.54) is 0 Å². The average molecular weight is 328 g/mol. The monoisotopic (exact) mass is 328 g/mol. The molecule has 24 heavy (non-hydrogen) atoms. The maximum Gasteiger partial charge on any atom is 0.262 e. The van der Waals surface area contributed by atoms with Crippen molar-refractivity contribution < 1.29 is 19.1 Å². The molecule has 1 unspecified atom stereocenters. The van der Waals surface area contributed by atoms with E-state index >= 15 is 0 Å². The van der Waals surface area contributed by atoms with Crippen molar-refractivity contribution in [2.45, 2.75) is 31.7 Å². The van der Waals surface area contributed by atoms with Crippen molar-refractivity contribution in [1.29, 1.82) is 0 Å².